The molecule has 5 heterocycles. The first-order valence-corrected chi connectivity index (χ1v) is 22.3. The zero-order valence-electron chi connectivity index (χ0n) is 37.6. The number of imidazole rings is 3. The summed E-state index contributed by atoms with van der Waals surface area (Å²) in [6.45, 7) is 8.17. The van der Waals surface area contributed by atoms with Crippen LogP contribution in [0.1, 0.15) is 47.2 Å². The van der Waals surface area contributed by atoms with Crippen LogP contribution in [0.25, 0.3) is 39.1 Å². The molecule has 0 aliphatic carbocycles. The summed E-state index contributed by atoms with van der Waals surface area (Å²) < 4.78 is 23.3. The first kappa shape index (κ1) is 41.8. The zero-order chi connectivity index (χ0) is 44.4. The summed E-state index contributed by atoms with van der Waals surface area (Å²) in [5.41, 5.74) is 15.6. The van der Waals surface area contributed by atoms with Crippen molar-refractivity contribution in [3.8, 4) is 34.3 Å². The Labute approximate surface area is 380 Å². The Morgan fingerprint density at radius 1 is 0.538 bits per heavy atom. The van der Waals surface area contributed by atoms with Crippen LogP contribution < -0.4 is 14.2 Å². The molecule has 0 amide bonds. The molecule has 2 unspecified atom stereocenters. The van der Waals surface area contributed by atoms with E-state index in [9.17, 15) is 0 Å². The van der Waals surface area contributed by atoms with Gasteiger partial charge in [-0.3, -0.25) is 18.9 Å². The number of para-hydroxylation sites is 4. The lowest BCUT2D eigenvalue weighted by Gasteiger charge is -2.36. The molecule has 0 radical (unpaired) electrons. The van der Waals surface area contributed by atoms with E-state index in [1.165, 1.54) is 39.1 Å². The molecule has 328 valence electrons. The summed E-state index contributed by atoms with van der Waals surface area (Å²) in [6, 6.07) is 43.8. The van der Waals surface area contributed by atoms with Crippen molar-refractivity contribution in [2.75, 3.05) is 21.3 Å². The molecule has 6 aromatic carbocycles. The van der Waals surface area contributed by atoms with E-state index in [4.69, 9.17) is 14.2 Å². The lowest BCUT2D eigenvalue weighted by molar-refractivity contribution is 0.172. The second-order valence-electron chi connectivity index (χ2n) is 17.2. The first-order valence-electron chi connectivity index (χ1n) is 22.3. The minimum atomic E-state index is 0.363. The van der Waals surface area contributed by atoms with Gasteiger partial charge in [0.05, 0.1) is 49.7 Å². The Bertz CT molecular complexity index is 3100. The number of nitrogens with zero attached hydrogens (tertiary/aromatic N) is 8. The highest BCUT2D eigenvalue weighted by atomic mass is 16.5. The number of rotatable bonds is 10. The fraction of sp³-hybridized carbons (Fsp3) is 0.241. The molecule has 0 bridgehead atoms. The van der Waals surface area contributed by atoms with Crippen molar-refractivity contribution in [1.82, 2.24) is 38.5 Å². The molecule has 0 fully saturated rings. The van der Waals surface area contributed by atoms with Gasteiger partial charge in [0.25, 0.3) is 0 Å². The van der Waals surface area contributed by atoms with Crippen molar-refractivity contribution in [1.29, 1.82) is 0 Å². The van der Waals surface area contributed by atoms with Crippen molar-refractivity contribution < 1.29 is 14.2 Å². The van der Waals surface area contributed by atoms with Crippen LogP contribution in [-0.2, 0) is 39.0 Å². The van der Waals surface area contributed by atoms with Gasteiger partial charge in [0.1, 0.15) is 12.7 Å². The highest BCUT2D eigenvalue weighted by molar-refractivity contribution is 5.78. The lowest BCUT2D eigenvalue weighted by atomic mass is 9.92. The van der Waals surface area contributed by atoms with Gasteiger partial charge in [0.2, 0.25) is 5.75 Å². The van der Waals surface area contributed by atoms with Crippen molar-refractivity contribution in [3.63, 3.8) is 0 Å². The summed E-state index contributed by atoms with van der Waals surface area (Å²) in [7, 11) is 5.01. The molecular weight excluding hydrogens is 809 g/mol. The summed E-state index contributed by atoms with van der Waals surface area (Å²) >= 11 is 0. The molecule has 0 saturated heterocycles. The van der Waals surface area contributed by atoms with E-state index in [1.807, 2.05) is 49.6 Å². The molecule has 11 rings (SSSR count). The molecule has 0 spiro atoms. The minimum absolute atomic E-state index is 0.363. The van der Waals surface area contributed by atoms with Gasteiger partial charge < -0.3 is 18.8 Å². The molecule has 11 nitrogen and oxygen atoms in total. The predicted molar refractivity (Wildman–Crippen MR) is 257 cm³/mol. The molecule has 9 aromatic rings. The SMILES string of the molecule is CC1Cc2ccc(-n3ccnc3)cc2CN1Cc1cccc(-n2cnc3ccccc32)c1.COc1cc2c(c(OC)c1OC)CC(C)N(Cc1cccc(-n3cnc4ccccc43)c1)C2. The average molecular weight is 863 g/mol. The van der Waals surface area contributed by atoms with E-state index in [-0.39, 0.29) is 0 Å². The number of methoxy groups -OCH3 is 3. The molecule has 0 N–H and O–H groups in total. The third kappa shape index (κ3) is 8.36. The van der Waals surface area contributed by atoms with Crippen molar-refractivity contribution in [2.24, 2.45) is 0 Å². The molecule has 11 heteroatoms. The van der Waals surface area contributed by atoms with Gasteiger partial charge >= 0.3 is 0 Å². The molecular formula is C54H54N8O3. The smallest absolute Gasteiger partial charge is 0.203 e. The Morgan fingerprint density at radius 3 is 1.72 bits per heavy atom. The van der Waals surface area contributed by atoms with Gasteiger partial charge in [-0.1, -0.05) is 54.6 Å². The van der Waals surface area contributed by atoms with E-state index in [1.54, 1.807) is 21.3 Å². The van der Waals surface area contributed by atoms with Crippen LogP contribution in [0, 0.1) is 0 Å². The Balaban J connectivity index is 0.000000153. The quantitative estimate of drug-likeness (QED) is 0.134. The van der Waals surface area contributed by atoms with Gasteiger partial charge in [0, 0.05) is 73.3 Å². The minimum Gasteiger partial charge on any atom is -0.493 e. The standard InChI is InChI=1S/C27H25N5.C27H29N3O3/c1-20-13-22-9-10-24(30-12-11-28-18-30)15-23(22)17-31(20)16-21-5-4-6-25(14-21)32-19-29-26-7-2-3-8-27(26)32;1-18-12-22-20(14-25(31-2)27(33-4)26(22)32-3)16-29(18)15-19-8-7-9-21(13-19)30-17-28-23-10-5-6-11-24(23)30/h2-12,14-15,18-20H,13,16-17H2,1H3;5-11,13-14,17-18H,12,15-16H2,1-4H3. The van der Waals surface area contributed by atoms with Gasteiger partial charge in [0.15, 0.2) is 11.5 Å². The number of hydrogen-bond acceptors (Lipinski definition) is 8. The van der Waals surface area contributed by atoms with Gasteiger partial charge in [-0.05, 0) is 121 Å². The van der Waals surface area contributed by atoms with E-state index in [2.05, 4.69) is 155 Å². The maximum Gasteiger partial charge on any atom is 0.203 e. The fourth-order valence-corrected chi connectivity index (χ4v) is 9.62. The molecule has 3 aromatic heterocycles. The summed E-state index contributed by atoms with van der Waals surface area (Å²) in [5, 5.41) is 0. The van der Waals surface area contributed by atoms with Crippen molar-refractivity contribution in [3.05, 3.63) is 186 Å². The van der Waals surface area contributed by atoms with E-state index in [0.717, 1.165) is 78.2 Å². The predicted octanol–water partition coefficient (Wildman–Crippen LogP) is 10.2. The molecule has 2 aliphatic heterocycles. The van der Waals surface area contributed by atoms with Crippen LogP contribution in [0.15, 0.2) is 153 Å². The summed E-state index contributed by atoms with van der Waals surface area (Å²) in [6.07, 6.45) is 11.5. The van der Waals surface area contributed by atoms with Gasteiger partial charge in [-0.2, -0.15) is 0 Å². The normalized spacial score (nSPS) is 16.1. The zero-order valence-corrected chi connectivity index (χ0v) is 37.6. The van der Waals surface area contributed by atoms with E-state index >= 15 is 0 Å². The molecule has 0 saturated carbocycles. The second kappa shape index (κ2) is 18.1. The maximum atomic E-state index is 5.74. The average Bonchev–Trinajstić information content (AvgIpc) is 4.13. The fourth-order valence-electron chi connectivity index (χ4n) is 9.62. The number of aromatic nitrogens is 6. The van der Waals surface area contributed by atoms with Gasteiger partial charge in [-0.15, -0.1) is 0 Å². The molecule has 2 atom stereocenters. The Hall–Kier alpha value is -7.21. The summed E-state index contributed by atoms with van der Waals surface area (Å²) in [5.74, 6) is 2.16. The maximum absolute atomic E-state index is 5.74. The second-order valence-corrected chi connectivity index (χ2v) is 17.2. The third-order valence-electron chi connectivity index (χ3n) is 13.1. The molecule has 2 aliphatic rings. The van der Waals surface area contributed by atoms with Crippen LogP contribution in [0.5, 0.6) is 17.2 Å². The highest BCUT2D eigenvalue weighted by Crippen LogP contribution is 2.45. The number of benzene rings is 6. The van der Waals surface area contributed by atoms with Crippen molar-refractivity contribution in [2.45, 2.75) is 65.0 Å². The topological polar surface area (TPSA) is 87.6 Å². The number of fused-ring (bicyclic) bond motifs is 4. The van der Waals surface area contributed by atoms with Gasteiger partial charge in [-0.25, -0.2) is 15.0 Å². The molecule has 65 heavy (non-hydrogen) atoms. The van der Waals surface area contributed by atoms with Crippen molar-refractivity contribution >= 4 is 22.1 Å². The summed E-state index contributed by atoms with van der Waals surface area (Å²) in [4.78, 5) is 18.4. The largest absolute Gasteiger partial charge is 0.493 e. The monoisotopic (exact) mass is 862 g/mol. The highest BCUT2D eigenvalue weighted by Gasteiger charge is 2.30. The lowest BCUT2D eigenvalue weighted by Crippen LogP contribution is -2.38. The number of ether oxygens (including phenoxy) is 3. The van der Waals surface area contributed by atoms with Crippen LogP contribution in [0.3, 0.4) is 0 Å². The van der Waals surface area contributed by atoms with Crippen LogP contribution >= 0.6 is 0 Å². The Morgan fingerprint density at radius 2 is 1.14 bits per heavy atom. The van der Waals surface area contributed by atoms with Crippen LogP contribution in [0.4, 0.5) is 0 Å². The first-order chi connectivity index (χ1) is 31.9. The van der Waals surface area contributed by atoms with E-state index in [0.29, 0.717) is 23.6 Å². The van der Waals surface area contributed by atoms with Crippen LogP contribution in [-0.4, -0.2) is 71.9 Å². The Kier molecular flexibility index (Phi) is 11.6. The van der Waals surface area contributed by atoms with Crippen LogP contribution in [0.2, 0.25) is 0 Å². The third-order valence-corrected chi connectivity index (χ3v) is 13.1. The van der Waals surface area contributed by atoms with E-state index < -0.39 is 0 Å². The number of hydrogen-bond donors (Lipinski definition) is 0.